The van der Waals surface area contributed by atoms with Crippen LogP contribution >= 0.6 is 0 Å². The number of carbonyl (C=O) groups is 1. The van der Waals surface area contributed by atoms with E-state index in [4.69, 9.17) is 0 Å². The van der Waals surface area contributed by atoms with Crippen LogP contribution in [-0.4, -0.2) is 38.6 Å². The maximum absolute atomic E-state index is 13.4. The Bertz CT molecular complexity index is 1080. The number of anilines is 1. The summed E-state index contributed by atoms with van der Waals surface area (Å²) < 4.78 is 26.4. The molecule has 0 atom stereocenters. The molecule has 0 spiro atoms. The molecule has 31 heavy (non-hydrogen) atoms. The van der Waals surface area contributed by atoms with Gasteiger partial charge in [0.1, 0.15) is 32.2 Å². The first-order valence-corrected chi connectivity index (χ1v) is 10.7. The van der Waals surface area contributed by atoms with Gasteiger partial charge in [0.15, 0.2) is 18.2 Å². The third-order valence-corrected chi connectivity index (χ3v) is 6.46. The molecule has 3 aromatic carbocycles. The molecule has 0 aromatic heterocycles. The van der Waals surface area contributed by atoms with Crippen LogP contribution in [0.2, 0.25) is 0 Å². The van der Waals surface area contributed by atoms with E-state index in [1.807, 2.05) is 0 Å². The second-order valence-electron chi connectivity index (χ2n) is 8.37. The smallest absolute Gasteiger partial charge is 0.279 e. The topological polar surface area (TPSA) is 38.0 Å². The van der Waals surface area contributed by atoms with E-state index in [-0.39, 0.29) is 11.6 Å². The molecule has 1 fully saturated rings. The maximum atomic E-state index is 13.4. The summed E-state index contributed by atoms with van der Waals surface area (Å²) in [6.45, 7) is 4.05. The van der Waals surface area contributed by atoms with Crippen LogP contribution in [-0.2, 0) is 4.79 Å². The second-order valence-corrected chi connectivity index (χ2v) is 8.37. The lowest BCUT2D eigenvalue weighted by Crippen LogP contribution is -3.28. The molecule has 3 N–H and O–H groups in total. The van der Waals surface area contributed by atoms with Gasteiger partial charge in [-0.05, 0) is 23.3 Å². The first-order valence-electron chi connectivity index (χ1n) is 10.7. The van der Waals surface area contributed by atoms with Crippen molar-refractivity contribution in [3.05, 3.63) is 89.5 Å². The number of rotatable bonds is 4. The van der Waals surface area contributed by atoms with Crippen molar-refractivity contribution in [2.45, 2.75) is 6.04 Å². The van der Waals surface area contributed by atoms with Crippen LogP contribution in [0.25, 0.3) is 11.1 Å². The van der Waals surface area contributed by atoms with Gasteiger partial charge in [0.05, 0.1) is 0 Å². The van der Waals surface area contributed by atoms with Crippen molar-refractivity contribution in [2.75, 3.05) is 38.0 Å². The summed E-state index contributed by atoms with van der Waals surface area (Å²) in [4.78, 5) is 15.1. The van der Waals surface area contributed by atoms with E-state index in [0.717, 1.165) is 38.3 Å². The monoisotopic (exact) mass is 421 g/mol. The maximum Gasteiger partial charge on any atom is 0.279 e. The van der Waals surface area contributed by atoms with Crippen molar-refractivity contribution >= 4 is 11.6 Å². The lowest BCUT2D eigenvalue weighted by atomic mass is 10.0. The molecule has 1 aliphatic heterocycles. The quantitative estimate of drug-likeness (QED) is 0.586. The lowest BCUT2D eigenvalue weighted by Gasteiger charge is -2.33. The zero-order chi connectivity index (χ0) is 21.4. The molecule has 5 rings (SSSR count). The van der Waals surface area contributed by atoms with Crippen molar-refractivity contribution < 1.29 is 23.4 Å². The Morgan fingerprint density at radius 1 is 0.839 bits per heavy atom. The van der Waals surface area contributed by atoms with E-state index in [9.17, 15) is 13.6 Å². The number of benzene rings is 3. The van der Waals surface area contributed by atoms with Gasteiger partial charge in [-0.25, -0.2) is 8.78 Å². The summed E-state index contributed by atoms with van der Waals surface area (Å²) >= 11 is 0. The van der Waals surface area contributed by atoms with E-state index in [1.54, 1.807) is 0 Å². The Labute approximate surface area is 180 Å². The van der Waals surface area contributed by atoms with Crippen LogP contribution < -0.4 is 15.1 Å². The van der Waals surface area contributed by atoms with E-state index in [1.165, 1.54) is 38.1 Å². The number of piperazine rings is 1. The standard InChI is InChI=1S/C25H23F2N3O/c26-22-10-9-17(15-23(22)27)28-24(31)16-29-11-13-30(14-12-29)25-20-7-3-1-5-18(20)19-6-2-4-8-21(19)25/h1-10,15,25H,11-14,16H2,(H,28,31)/p+2. The number of amides is 1. The molecule has 1 amide bonds. The molecular weight excluding hydrogens is 396 g/mol. The molecule has 0 unspecified atom stereocenters. The fraction of sp³-hybridized carbons (Fsp3) is 0.240. The first kappa shape index (κ1) is 19.8. The Morgan fingerprint density at radius 3 is 2.06 bits per heavy atom. The highest BCUT2D eigenvalue weighted by Crippen LogP contribution is 2.41. The Kier molecular flexibility index (Phi) is 5.26. The highest BCUT2D eigenvalue weighted by molar-refractivity contribution is 5.91. The molecule has 1 aliphatic carbocycles. The van der Waals surface area contributed by atoms with Crippen LogP contribution in [0.1, 0.15) is 17.2 Å². The van der Waals surface area contributed by atoms with Crippen molar-refractivity contribution in [3.63, 3.8) is 0 Å². The summed E-state index contributed by atoms with van der Waals surface area (Å²) in [6, 6.07) is 21.1. The number of hydrogen-bond donors (Lipinski definition) is 3. The Morgan fingerprint density at radius 2 is 1.45 bits per heavy atom. The number of hydrogen-bond acceptors (Lipinski definition) is 1. The van der Waals surface area contributed by atoms with Gasteiger partial charge < -0.3 is 15.1 Å². The van der Waals surface area contributed by atoms with E-state index in [2.05, 4.69) is 53.8 Å². The van der Waals surface area contributed by atoms with Gasteiger partial charge in [-0.2, -0.15) is 0 Å². The van der Waals surface area contributed by atoms with Gasteiger partial charge in [0, 0.05) is 22.9 Å². The fourth-order valence-corrected chi connectivity index (χ4v) is 4.99. The van der Waals surface area contributed by atoms with Gasteiger partial charge in [0.25, 0.3) is 5.91 Å². The number of halogens is 2. The summed E-state index contributed by atoms with van der Waals surface area (Å²) in [6.07, 6.45) is 0. The van der Waals surface area contributed by atoms with Crippen LogP contribution in [0.15, 0.2) is 66.7 Å². The molecule has 1 saturated heterocycles. The molecule has 0 radical (unpaired) electrons. The predicted molar refractivity (Wildman–Crippen MR) is 115 cm³/mol. The molecule has 0 saturated carbocycles. The van der Waals surface area contributed by atoms with Gasteiger partial charge >= 0.3 is 0 Å². The van der Waals surface area contributed by atoms with E-state index >= 15 is 0 Å². The summed E-state index contributed by atoms with van der Waals surface area (Å²) in [5, 5.41) is 2.68. The van der Waals surface area contributed by atoms with E-state index < -0.39 is 11.6 Å². The van der Waals surface area contributed by atoms with Crippen molar-refractivity contribution in [3.8, 4) is 11.1 Å². The molecule has 6 heteroatoms. The molecule has 4 nitrogen and oxygen atoms in total. The summed E-state index contributed by atoms with van der Waals surface area (Å²) in [5.74, 6) is -2.06. The van der Waals surface area contributed by atoms with Crippen LogP contribution in [0.4, 0.5) is 14.5 Å². The Hall–Kier alpha value is -3.09. The molecule has 1 heterocycles. The predicted octanol–water partition coefficient (Wildman–Crippen LogP) is 1.46. The third-order valence-electron chi connectivity index (χ3n) is 6.46. The number of quaternary nitrogens is 2. The molecule has 0 bridgehead atoms. The Balaban J connectivity index is 1.23. The van der Waals surface area contributed by atoms with Crippen LogP contribution in [0.5, 0.6) is 0 Å². The van der Waals surface area contributed by atoms with Crippen molar-refractivity contribution in [1.82, 2.24) is 0 Å². The largest absolute Gasteiger partial charge is 0.321 e. The van der Waals surface area contributed by atoms with Gasteiger partial charge in [-0.15, -0.1) is 0 Å². The minimum atomic E-state index is -0.959. The minimum Gasteiger partial charge on any atom is -0.321 e. The normalized spacial score (nSPS) is 20.2. The van der Waals surface area contributed by atoms with Gasteiger partial charge in [-0.3, -0.25) is 4.79 Å². The second kappa shape index (κ2) is 8.21. The van der Waals surface area contributed by atoms with E-state index in [0.29, 0.717) is 12.6 Å². The summed E-state index contributed by atoms with van der Waals surface area (Å²) in [5.41, 5.74) is 5.72. The zero-order valence-electron chi connectivity index (χ0n) is 17.1. The molecular formula is C25H25F2N3O+2. The highest BCUT2D eigenvalue weighted by atomic mass is 19.2. The average molecular weight is 421 g/mol. The number of carbonyl (C=O) groups excluding carboxylic acids is 1. The van der Waals surface area contributed by atoms with Crippen LogP contribution in [0.3, 0.4) is 0 Å². The molecule has 3 aromatic rings. The summed E-state index contributed by atoms with van der Waals surface area (Å²) in [7, 11) is 0. The lowest BCUT2D eigenvalue weighted by molar-refractivity contribution is -1.02. The van der Waals surface area contributed by atoms with Crippen molar-refractivity contribution in [2.24, 2.45) is 0 Å². The number of nitrogens with one attached hydrogen (secondary N) is 3. The first-order chi connectivity index (χ1) is 15.1. The number of fused-ring (bicyclic) bond motifs is 3. The zero-order valence-corrected chi connectivity index (χ0v) is 17.1. The SMILES string of the molecule is O=C(C[NH+]1CC[NH+](C2c3ccccc3-c3ccccc32)CC1)Nc1ccc(F)c(F)c1. The van der Waals surface area contributed by atoms with Gasteiger partial charge in [-0.1, -0.05) is 48.5 Å². The third kappa shape index (κ3) is 3.84. The minimum absolute atomic E-state index is 0.180. The highest BCUT2D eigenvalue weighted by Gasteiger charge is 2.38. The van der Waals surface area contributed by atoms with Crippen LogP contribution in [0, 0.1) is 11.6 Å². The molecule has 2 aliphatic rings. The molecule has 158 valence electrons. The average Bonchev–Trinajstić information content (AvgIpc) is 3.11. The fourth-order valence-electron chi connectivity index (χ4n) is 4.99. The van der Waals surface area contributed by atoms with Crippen molar-refractivity contribution in [1.29, 1.82) is 0 Å². The van der Waals surface area contributed by atoms with Gasteiger partial charge in [0.2, 0.25) is 0 Å².